The van der Waals surface area contributed by atoms with E-state index in [9.17, 15) is 4.79 Å². The van der Waals surface area contributed by atoms with Gasteiger partial charge in [-0.25, -0.2) is 0 Å². The van der Waals surface area contributed by atoms with E-state index < -0.39 is 0 Å². The first-order chi connectivity index (χ1) is 10.6. The van der Waals surface area contributed by atoms with Gasteiger partial charge in [0.05, 0.1) is 24.5 Å². The molecule has 0 bridgehead atoms. The van der Waals surface area contributed by atoms with Gasteiger partial charge in [0, 0.05) is 45.1 Å². The number of pyridine rings is 1. The molecule has 122 valence electrons. The number of amides is 1. The summed E-state index contributed by atoms with van der Waals surface area (Å²) < 4.78 is 5.31. The highest BCUT2D eigenvalue weighted by Gasteiger charge is 2.11. The van der Waals surface area contributed by atoms with Crippen molar-refractivity contribution in [1.29, 1.82) is 0 Å². The van der Waals surface area contributed by atoms with Crippen LogP contribution in [-0.2, 0) is 4.74 Å². The number of nitrogens with one attached hydrogen (secondary N) is 2. The first-order valence-electron chi connectivity index (χ1n) is 7.92. The molecule has 1 aliphatic heterocycles. The average molecular weight is 306 g/mol. The second-order valence-electron chi connectivity index (χ2n) is 5.95. The molecule has 0 spiro atoms. The minimum absolute atomic E-state index is 0.0750. The third-order valence-corrected chi connectivity index (χ3v) is 3.53. The fourth-order valence-corrected chi connectivity index (χ4v) is 2.24. The molecular weight excluding hydrogens is 280 g/mol. The summed E-state index contributed by atoms with van der Waals surface area (Å²) in [6.45, 7) is 10.1. The lowest BCUT2D eigenvalue weighted by Gasteiger charge is -2.26. The van der Waals surface area contributed by atoms with Crippen molar-refractivity contribution in [2.24, 2.45) is 5.92 Å². The number of aromatic nitrogens is 1. The second-order valence-corrected chi connectivity index (χ2v) is 5.95. The zero-order chi connectivity index (χ0) is 15.8. The molecule has 1 aliphatic rings. The van der Waals surface area contributed by atoms with E-state index in [-0.39, 0.29) is 5.91 Å². The van der Waals surface area contributed by atoms with E-state index in [1.165, 1.54) is 0 Å². The van der Waals surface area contributed by atoms with Crippen LogP contribution in [0.4, 0.5) is 5.69 Å². The van der Waals surface area contributed by atoms with Gasteiger partial charge in [0.1, 0.15) is 0 Å². The summed E-state index contributed by atoms with van der Waals surface area (Å²) >= 11 is 0. The summed E-state index contributed by atoms with van der Waals surface area (Å²) in [4.78, 5) is 18.6. The lowest BCUT2D eigenvalue weighted by atomic mass is 10.2. The molecule has 0 atom stereocenters. The van der Waals surface area contributed by atoms with E-state index in [0.29, 0.717) is 18.0 Å². The Hall–Kier alpha value is -1.66. The maximum absolute atomic E-state index is 12.2. The van der Waals surface area contributed by atoms with Gasteiger partial charge in [-0.05, 0) is 12.0 Å². The van der Waals surface area contributed by atoms with Crippen LogP contribution in [0.25, 0.3) is 0 Å². The summed E-state index contributed by atoms with van der Waals surface area (Å²) in [5, 5.41) is 6.23. The van der Waals surface area contributed by atoms with E-state index in [1.807, 2.05) is 6.07 Å². The fourth-order valence-electron chi connectivity index (χ4n) is 2.24. The molecule has 22 heavy (non-hydrogen) atoms. The maximum Gasteiger partial charge on any atom is 0.252 e. The Labute approximate surface area is 132 Å². The van der Waals surface area contributed by atoms with Gasteiger partial charge >= 0.3 is 0 Å². The number of carbonyl (C=O) groups excluding carboxylic acids is 1. The van der Waals surface area contributed by atoms with Crippen LogP contribution in [0.1, 0.15) is 24.2 Å². The predicted molar refractivity (Wildman–Crippen MR) is 87.2 cm³/mol. The number of rotatable bonds is 7. The van der Waals surface area contributed by atoms with Crippen LogP contribution < -0.4 is 10.6 Å². The molecule has 2 heterocycles. The van der Waals surface area contributed by atoms with Crippen LogP contribution in [0.3, 0.4) is 0 Å². The van der Waals surface area contributed by atoms with Gasteiger partial charge in [0.15, 0.2) is 0 Å². The molecule has 2 rings (SSSR count). The predicted octanol–water partition coefficient (Wildman–Crippen LogP) is 1.21. The number of nitrogens with zero attached hydrogens (tertiary/aromatic N) is 2. The Balaban J connectivity index is 1.77. The third-order valence-electron chi connectivity index (χ3n) is 3.53. The van der Waals surface area contributed by atoms with Crippen molar-refractivity contribution in [2.45, 2.75) is 13.8 Å². The monoisotopic (exact) mass is 306 g/mol. The Morgan fingerprint density at radius 1 is 1.36 bits per heavy atom. The van der Waals surface area contributed by atoms with Crippen LogP contribution in [0.2, 0.25) is 0 Å². The standard InChI is InChI=1S/C16H26N4O2/c1-13(2)10-19-15-9-14(11-17-12-15)16(21)18-3-4-20-5-7-22-8-6-20/h9,11-13,19H,3-8,10H2,1-2H3,(H,18,21). The molecule has 6 heteroatoms. The van der Waals surface area contributed by atoms with Crippen molar-refractivity contribution in [2.75, 3.05) is 51.3 Å². The summed E-state index contributed by atoms with van der Waals surface area (Å²) in [5.74, 6) is 0.472. The molecule has 0 radical (unpaired) electrons. The molecule has 6 nitrogen and oxygen atoms in total. The minimum Gasteiger partial charge on any atom is -0.384 e. The number of hydrogen-bond acceptors (Lipinski definition) is 5. The van der Waals surface area contributed by atoms with Crippen molar-refractivity contribution >= 4 is 11.6 Å². The van der Waals surface area contributed by atoms with Gasteiger partial charge in [0.2, 0.25) is 0 Å². The number of carbonyl (C=O) groups is 1. The van der Waals surface area contributed by atoms with Gasteiger partial charge < -0.3 is 15.4 Å². The zero-order valence-electron chi connectivity index (χ0n) is 13.5. The van der Waals surface area contributed by atoms with Gasteiger partial charge in [-0.3, -0.25) is 14.7 Å². The van der Waals surface area contributed by atoms with Crippen molar-refractivity contribution in [3.05, 3.63) is 24.0 Å². The van der Waals surface area contributed by atoms with Gasteiger partial charge in [-0.1, -0.05) is 13.8 Å². The minimum atomic E-state index is -0.0750. The Morgan fingerprint density at radius 2 is 2.14 bits per heavy atom. The van der Waals surface area contributed by atoms with Gasteiger partial charge in [0.25, 0.3) is 5.91 Å². The van der Waals surface area contributed by atoms with Crippen molar-refractivity contribution in [3.8, 4) is 0 Å². The number of ether oxygens (including phenoxy) is 1. The molecule has 1 fully saturated rings. The molecule has 0 aromatic carbocycles. The van der Waals surface area contributed by atoms with Crippen LogP contribution in [-0.4, -0.2) is 61.7 Å². The van der Waals surface area contributed by atoms with Crippen LogP contribution in [0, 0.1) is 5.92 Å². The van der Waals surface area contributed by atoms with Gasteiger partial charge in [-0.2, -0.15) is 0 Å². The van der Waals surface area contributed by atoms with Crippen molar-refractivity contribution in [1.82, 2.24) is 15.2 Å². The summed E-state index contributed by atoms with van der Waals surface area (Å²) in [6, 6.07) is 1.85. The van der Waals surface area contributed by atoms with E-state index in [1.54, 1.807) is 12.4 Å². The molecule has 0 unspecified atom stereocenters. The molecule has 1 amide bonds. The summed E-state index contributed by atoms with van der Waals surface area (Å²) in [7, 11) is 0. The number of hydrogen-bond donors (Lipinski definition) is 2. The molecule has 0 aliphatic carbocycles. The molecule has 2 N–H and O–H groups in total. The van der Waals surface area contributed by atoms with Crippen LogP contribution in [0.5, 0.6) is 0 Å². The lowest BCUT2D eigenvalue weighted by Crippen LogP contribution is -2.41. The van der Waals surface area contributed by atoms with E-state index >= 15 is 0 Å². The van der Waals surface area contributed by atoms with E-state index in [2.05, 4.69) is 34.4 Å². The fraction of sp³-hybridized carbons (Fsp3) is 0.625. The number of morpholine rings is 1. The highest BCUT2D eigenvalue weighted by Crippen LogP contribution is 2.09. The largest absolute Gasteiger partial charge is 0.384 e. The van der Waals surface area contributed by atoms with Crippen molar-refractivity contribution < 1.29 is 9.53 Å². The molecule has 1 saturated heterocycles. The summed E-state index contributed by atoms with van der Waals surface area (Å²) in [6.07, 6.45) is 3.34. The highest BCUT2D eigenvalue weighted by molar-refractivity contribution is 5.94. The normalized spacial score (nSPS) is 15.8. The SMILES string of the molecule is CC(C)CNc1cncc(C(=O)NCCN2CCOCC2)c1. The highest BCUT2D eigenvalue weighted by atomic mass is 16.5. The smallest absolute Gasteiger partial charge is 0.252 e. The second kappa shape index (κ2) is 8.70. The maximum atomic E-state index is 12.2. The Bertz CT molecular complexity index is 473. The molecular formula is C16H26N4O2. The Kier molecular flexibility index (Phi) is 6.61. The first kappa shape index (κ1) is 16.7. The summed E-state index contributed by atoms with van der Waals surface area (Å²) in [5.41, 5.74) is 1.48. The molecule has 0 saturated carbocycles. The van der Waals surface area contributed by atoms with Crippen LogP contribution in [0.15, 0.2) is 18.5 Å². The zero-order valence-corrected chi connectivity index (χ0v) is 13.5. The molecule has 1 aromatic rings. The van der Waals surface area contributed by atoms with Gasteiger partial charge in [-0.15, -0.1) is 0 Å². The first-order valence-corrected chi connectivity index (χ1v) is 7.92. The number of anilines is 1. The molecule has 1 aromatic heterocycles. The average Bonchev–Trinajstić information content (AvgIpc) is 2.54. The quantitative estimate of drug-likeness (QED) is 0.793. The Morgan fingerprint density at radius 3 is 2.86 bits per heavy atom. The lowest BCUT2D eigenvalue weighted by molar-refractivity contribution is 0.0383. The van der Waals surface area contributed by atoms with Crippen LogP contribution >= 0.6 is 0 Å². The van der Waals surface area contributed by atoms with E-state index in [0.717, 1.165) is 45.1 Å². The topological polar surface area (TPSA) is 66.5 Å². The third kappa shape index (κ3) is 5.61. The van der Waals surface area contributed by atoms with Crippen molar-refractivity contribution in [3.63, 3.8) is 0 Å². The van der Waals surface area contributed by atoms with E-state index in [4.69, 9.17) is 4.74 Å².